The van der Waals surface area contributed by atoms with Crippen molar-refractivity contribution in [2.75, 3.05) is 52.6 Å². The molecule has 1 unspecified atom stereocenters. The van der Waals surface area contributed by atoms with Crippen LogP contribution in [0.3, 0.4) is 0 Å². The molecule has 1 aromatic rings. The molecular formula is C18H34IN5O3S. The summed E-state index contributed by atoms with van der Waals surface area (Å²) in [6.07, 6.45) is 4.87. The molecule has 1 fully saturated rings. The highest BCUT2D eigenvalue weighted by Crippen LogP contribution is 2.24. The summed E-state index contributed by atoms with van der Waals surface area (Å²) in [5, 5.41) is 6.62. The fourth-order valence-corrected chi connectivity index (χ4v) is 4.07. The van der Waals surface area contributed by atoms with Gasteiger partial charge in [-0.2, -0.15) is 0 Å². The fourth-order valence-electron chi connectivity index (χ4n) is 3.23. The number of halogens is 1. The average molecular weight is 527 g/mol. The molecule has 0 radical (unpaired) electrons. The van der Waals surface area contributed by atoms with E-state index in [1.165, 1.54) is 17.1 Å². The van der Waals surface area contributed by atoms with Crippen molar-refractivity contribution in [3.05, 3.63) is 24.2 Å². The second-order valence-electron chi connectivity index (χ2n) is 6.73. The van der Waals surface area contributed by atoms with Gasteiger partial charge in [0.1, 0.15) is 5.76 Å². The zero-order chi connectivity index (χ0) is 19.7. The Kier molecular flexibility index (Phi) is 11.4. The molecule has 0 saturated carbocycles. The van der Waals surface area contributed by atoms with Crippen LogP contribution in [0.25, 0.3) is 0 Å². The summed E-state index contributed by atoms with van der Waals surface area (Å²) in [6, 6.07) is 4.12. The summed E-state index contributed by atoms with van der Waals surface area (Å²) < 4.78 is 30.6. The van der Waals surface area contributed by atoms with Crippen LogP contribution in [0.1, 0.15) is 38.0 Å². The predicted molar refractivity (Wildman–Crippen MR) is 124 cm³/mol. The van der Waals surface area contributed by atoms with Crippen molar-refractivity contribution in [3.8, 4) is 0 Å². The van der Waals surface area contributed by atoms with Gasteiger partial charge in [0.15, 0.2) is 5.96 Å². The molecule has 1 aromatic heterocycles. The van der Waals surface area contributed by atoms with Crippen LogP contribution in [-0.2, 0) is 10.0 Å². The summed E-state index contributed by atoms with van der Waals surface area (Å²) in [4.78, 5) is 6.70. The number of rotatable bonds is 10. The van der Waals surface area contributed by atoms with Crippen LogP contribution in [0.15, 0.2) is 27.8 Å². The molecule has 162 valence electrons. The molecule has 2 rings (SSSR count). The van der Waals surface area contributed by atoms with E-state index in [0.717, 1.165) is 18.8 Å². The minimum Gasteiger partial charge on any atom is -0.468 e. The largest absolute Gasteiger partial charge is 0.468 e. The maximum Gasteiger partial charge on any atom is 0.213 e. The predicted octanol–water partition coefficient (Wildman–Crippen LogP) is 1.87. The first-order chi connectivity index (χ1) is 13.0. The Hall–Kier alpha value is -0.850. The minimum absolute atomic E-state index is 0. The highest BCUT2D eigenvalue weighted by Gasteiger charge is 2.25. The van der Waals surface area contributed by atoms with Gasteiger partial charge in [-0.05, 0) is 51.4 Å². The van der Waals surface area contributed by atoms with Gasteiger partial charge in [-0.3, -0.25) is 9.89 Å². The highest BCUT2D eigenvalue weighted by molar-refractivity contribution is 14.0. The highest BCUT2D eigenvalue weighted by atomic mass is 127. The molecule has 8 nitrogen and oxygen atoms in total. The van der Waals surface area contributed by atoms with Gasteiger partial charge in [0.05, 0.1) is 18.1 Å². The van der Waals surface area contributed by atoms with E-state index in [9.17, 15) is 8.42 Å². The van der Waals surface area contributed by atoms with Gasteiger partial charge in [0.25, 0.3) is 0 Å². The molecule has 1 saturated heterocycles. The summed E-state index contributed by atoms with van der Waals surface area (Å²) in [5.41, 5.74) is 0. The van der Waals surface area contributed by atoms with Crippen LogP contribution in [0.2, 0.25) is 0 Å². The van der Waals surface area contributed by atoms with E-state index in [2.05, 4.69) is 20.5 Å². The third kappa shape index (κ3) is 7.53. The van der Waals surface area contributed by atoms with Gasteiger partial charge in [-0.25, -0.2) is 12.7 Å². The topological polar surface area (TPSA) is 90.2 Å². The molecule has 1 aliphatic rings. The zero-order valence-corrected chi connectivity index (χ0v) is 20.2. The molecule has 2 N–H and O–H groups in total. The number of nitrogens with zero attached hydrogens (tertiary/aromatic N) is 3. The van der Waals surface area contributed by atoms with Crippen LogP contribution >= 0.6 is 24.0 Å². The van der Waals surface area contributed by atoms with Crippen molar-refractivity contribution < 1.29 is 12.8 Å². The number of aliphatic imine (C=N–C) groups is 1. The zero-order valence-electron chi connectivity index (χ0n) is 17.1. The van der Waals surface area contributed by atoms with E-state index in [1.54, 1.807) is 27.3 Å². The second-order valence-corrected chi connectivity index (χ2v) is 9.09. The van der Waals surface area contributed by atoms with Gasteiger partial charge in [-0.15, -0.1) is 24.0 Å². The number of nitrogens with one attached hydrogen (secondary N) is 2. The number of guanidine groups is 1. The lowest BCUT2D eigenvalue weighted by Crippen LogP contribution is -2.43. The molecule has 0 aliphatic carbocycles. The molecule has 1 atom stereocenters. The van der Waals surface area contributed by atoms with Gasteiger partial charge in [0.2, 0.25) is 10.0 Å². The van der Waals surface area contributed by atoms with E-state index in [1.807, 2.05) is 12.1 Å². The number of hydrogen-bond acceptors (Lipinski definition) is 5. The van der Waals surface area contributed by atoms with Crippen LogP contribution in [-0.4, -0.2) is 76.2 Å². The molecule has 0 amide bonds. The lowest BCUT2D eigenvalue weighted by atomic mass is 10.2. The quantitative estimate of drug-likeness (QED) is 0.209. The molecule has 10 heteroatoms. The molecule has 0 bridgehead atoms. The Bertz CT molecular complexity index is 675. The Labute approximate surface area is 186 Å². The van der Waals surface area contributed by atoms with Crippen molar-refractivity contribution in [3.63, 3.8) is 0 Å². The molecule has 0 aromatic carbocycles. The van der Waals surface area contributed by atoms with Crippen LogP contribution in [0, 0.1) is 0 Å². The van der Waals surface area contributed by atoms with Gasteiger partial charge < -0.3 is 15.1 Å². The first-order valence-corrected chi connectivity index (χ1v) is 11.2. The minimum atomic E-state index is -3.12. The maximum absolute atomic E-state index is 11.8. The van der Waals surface area contributed by atoms with E-state index in [4.69, 9.17) is 4.42 Å². The molecule has 28 heavy (non-hydrogen) atoms. The van der Waals surface area contributed by atoms with Crippen molar-refractivity contribution in [1.82, 2.24) is 19.8 Å². The third-order valence-electron chi connectivity index (χ3n) is 4.92. The van der Waals surface area contributed by atoms with Gasteiger partial charge >= 0.3 is 0 Å². The number of hydrogen-bond donors (Lipinski definition) is 2. The van der Waals surface area contributed by atoms with Gasteiger partial charge in [0, 0.05) is 33.7 Å². The lowest BCUT2D eigenvalue weighted by molar-refractivity contribution is 0.215. The Morgan fingerprint density at radius 2 is 2.07 bits per heavy atom. The Balaban J connectivity index is 0.00000392. The maximum atomic E-state index is 11.8. The molecular weight excluding hydrogens is 493 g/mol. The Morgan fingerprint density at radius 1 is 1.36 bits per heavy atom. The van der Waals surface area contributed by atoms with E-state index >= 15 is 0 Å². The van der Waals surface area contributed by atoms with E-state index in [0.29, 0.717) is 32.0 Å². The SMILES string of the molecule is CCS(=O)(=O)N(C)CCCNC(=NC)NCC(c1ccco1)N1CCCC1.I. The van der Waals surface area contributed by atoms with Crippen molar-refractivity contribution >= 4 is 40.0 Å². The van der Waals surface area contributed by atoms with Crippen LogP contribution < -0.4 is 10.6 Å². The first kappa shape index (κ1) is 25.2. The summed E-state index contributed by atoms with van der Waals surface area (Å²) in [7, 11) is 0.241. The van der Waals surface area contributed by atoms with Crippen LogP contribution in [0.5, 0.6) is 0 Å². The molecule has 2 heterocycles. The van der Waals surface area contributed by atoms with E-state index in [-0.39, 0.29) is 35.8 Å². The average Bonchev–Trinajstić information content (AvgIpc) is 3.37. The van der Waals surface area contributed by atoms with Crippen molar-refractivity contribution in [2.24, 2.45) is 4.99 Å². The summed E-state index contributed by atoms with van der Waals surface area (Å²) >= 11 is 0. The smallest absolute Gasteiger partial charge is 0.213 e. The second kappa shape index (κ2) is 12.7. The number of likely N-dealkylation sites (tertiary alicyclic amines) is 1. The van der Waals surface area contributed by atoms with Crippen LogP contribution in [0.4, 0.5) is 0 Å². The summed E-state index contributed by atoms with van der Waals surface area (Å²) in [6.45, 7) is 5.67. The normalized spacial score (nSPS) is 16.8. The fraction of sp³-hybridized carbons (Fsp3) is 0.722. The van der Waals surface area contributed by atoms with Crippen molar-refractivity contribution in [2.45, 2.75) is 32.2 Å². The molecule has 0 spiro atoms. The third-order valence-corrected chi connectivity index (χ3v) is 6.78. The number of furan rings is 1. The standard InChI is InChI=1S/C18H33N5O3S.HI/c1-4-27(24,25)22(3)11-8-10-20-18(19-2)21-15-16(17-9-7-14-26-17)23-12-5-6-13-23;/h7,9,14,16H,4-6,8,10-13,15H2,1-3H3,(H2,19,20,21);1H. The van der Waals surface area contributed by atoms with E-state index < -0.39 is 10.0 Å². The van der Waals surface area contributed by atoms with Gasteiger partial charge in [-0.1, -0.05) is 0 Å². The monoisotopic (exact) mass is 527 g/mol. The first-order valence-electron chi connectivity index (χ1n) is 9.64. The summed E-state index contributed by atoms with van der Waals surface area (Å²) in [5.74, 6) is 1.81. The number of sulfonamides is 1. The van der Waals surface area contributed by atoms with Crippen molar-refractivity contribution in [1.29, 1.82) is 0 Å². The molecule has 1 aliphatic heterocycles. The lowest BCUT2D eigenvalue weighted by Gasteiger charge is -2.26. The Morgan fingerprint density at radius 3 is 2.64 bits per heavy atom.